The van der Waals surface area contributed by atoms with Crippen molar-refractivity contribution < 1.29 is 14.6 Å². The van der Waals surface area contributed by atoms with E-state index in [-0.39, 0.29) is 5.97 Å². The Balaban J connectivity index is 2.56. The SMILES string of the molecule is CC1(O)CCC(=O)O1. The summed E-state index contributed by atoms with van der Waals surface area (Å²) in [5.41, 5.74) is 0. The van der Waals surface area contributed by atoms with Crippen LogP contribution in [0.1, 0.15) is 19.8 Å². The molecule has 1 rings (SSSR count). The number of rotatable bonds is 0. The zero-order chi connectivity index (χ0) is 6.20. The Labute approximate surface area is 47.3 Å². The van der Waals surface area contributed by atoms with Crippen LogP contribution in [-0.4, -0.2) is 16.9 Å². The molecule has 1 aliphatic rings. The first kappa shape index (κ1) is 5.56. The Morgan fingerprint density at radius 3 is 2.62 bits per heavy atom. The summed E-state index contributed by atoms with van der Waals surface area (Å²) in [6.45, 7) is 1.48. The van der Waals surface area contributed by atoms with Crippen LogP contribution >= 0.6 is 0 Å². The standard InChI is InChI=1S/C5H8O3/c1-5(7)3-2-4(6)8-5/h7H,2-3H2,1H3. The largest absolute Gasteiger partial charge is 0.434 e. The summed E-state index contributed by atoms with van der Waals surface area (Å²) in [6, 6.07) is 0. The van der Waals surface area contributed by atoms with Crippen LogP contribution in [0.5, 0.6) is 0 Å². The summed E-state index contributed by atoms with van der Waals surface area (Å²) in [7, 11) is 0. The quantitative estimate of drug-likeness (QED) is 0.454. The minimum atomic E-state index is -1.18. The van der Waals surface area contributed by atoms with Gasteiger partial charge in [-0.25, -0.2) is 0 Å². The van der Waals surface area contributed by atoms with Crippen LogP contribution in [0.3, 0.4) is 0 Å². The third kappa shape index (κ3) is 0.980. The molecule has 0 saturated carbocycles. The van der Waals surface area contributed by atoms with Crippen molar-refractivity contribution in [2.24, 2.45) is 0 Å². The number of carbonyl (C=O) groups excluding carboxylic acids is 1. The summed E-state index contributed by atoms with van der Waals surface area (Å²) in [4.78, 5) is 10.3. The molecule has 0 aromatic carbocycles. The van der Waals surface area contributed by atoms with Gasteiger partial charge in [-0.3, -0.25) is 4.79 Å². The first-order valence-corrected chi connectivity index (χ1v) is 2.54. The highest BCUT2D eigenvalue weighted by atomic mass is 16.7. The lowest BCUT2D eigenvalue weighted by Crippen LogP contribution is -2.21. The molecule has 0 aromatic heterocycles. The van der Waals surface area contributed by atoms with E-state index < -0.39 is 5.79 Å². The van der Waals surface area contributed by atoms with E-state index in [2.05, 4.69) is 4.74 Å². The van der Waals surface area contributed by atoms with Crippen molar-refractivity contribution in [3.05, 3.63) is 0 Å². The van der Waals surface area contributed by atoms with Gasteiger partial charge in [-0.1, -0.05) is 0 Å². The molecule has 0 aliphatic carbocycles. The van der Waals surface area contributed by atoms with E-state index >= 15 is 0 Å². The Kier molecular flexibility index (Phi) is 1.01. The number of carbonyl (C=O) groups is 1. The van der Waals surface area contributed by atoms with Gasteiger partial charge >= 0.3 is 5.97 Å². The lowest BCUT2D eigenvalue weighted by molar-refractivity contribution is -0.180. The number of cyclic esters (lactones) is 1. The van der Waals surface area contributed by atoms with Crippen molar-refractivity contribution in [2.45, 2.75) is 25.6 Å². The van der Waals surface area contributed by atoms with Crippen LogP contribution in [0.2, 0.25) is 0 Å². The van der Waals surface area contributed by atoms with E-state index in [1.54, 1.807) is 0 Å². The fourth-order valence-corrected chi connectivity index (χ4v) is 0.681. The summed E-state index contributed by atoms with van der Waals surface area (Å²) in [5, 5.41) is 8.92. The highest BCUT2D eigenvalue weighted by Crippen LogP contribution is 2.21. The molecule has 1 atom stereocenters. The molecule has 3 heteroatoms. The van der Waals surface area contributed by atoms with Gasteiger partial charge in [0.25, 0.3) is 0 Å². The molecule has 0 amide bonds. The van der Waals surface area contributed by atoms with E-state index in [1.807, 2.05) is 0 Å². The van der Waals surface area contributed by atoms with E-state index in [0.29, 0.717) is 12.8 Å². The Morgan fingerprint density at radius 1 is 1.88 bits per heavy atom. The molecule has 1 fully saturated rings. The van der Waals surface area contributed by atoms with Crippen molar-refractivity contribution in [1.82, 2.24) is 0 Å². The normalized spacial score (nSPS) is 37.5. The third-order valence-corrected chi connectivity index (χ3v) is 1.13. The lowest BCUT2D eigenvalue weighted by atomic mass is 10.2. The van der Waals surface area contributed by atoms with Crippen LogP contribution in [0.25, 0.3) is 0 Å². The lowest BCUT2D eigenvalue weighted by Gasteiger charge is -2.12. The molecule has 1 heterocycles. The van der Waals surface area contributed by atoms with E-state index in [9.17, 15) is 4.79 Å². The average molecular weight is 116 g/mol. The van der Waals surface area contributed by atoms with Crippen molar-refractivity contribution in [2.75, 3.05) is 0 Å². The minimum absolute atomic E-state index is 0.310. The highest BCUT2D eigenvalue weighted by molar-refractivity contribution is 5.71. The minimum Gasteiger partial charge on any atom is -0.434 e. The Morgan fingerprint density at radius 2 is 2.50 bits per heavy atom. The molecule has 0 radical (unpaired) electrons. The predicted molar refractivity (Wildman–Crippen MR) is 25.9 cm³/mol. The molecule has 0 aromatic rings. The zero-order valence-corrected chi connectivity index (χ0v) is 4.68. The van der Waals surface area contributed by atoms with Gasteiger partial charge in [-0.15, -0.1) is 0 Å². The fourth-order valence-electron chi connectivity index (χ4n) is 0.681. The average Bonchev–Trinajstić information content (AvgIpc) is 1.82. The van der Waals surface area contributed by atoms with Crippen molar-refractivity contribution in [3.63, 3.8) is 0 Å². The monoisotopic (exact) mass is 116 g/mol. The van der Waals surface area contributed by atoms with Gasteiger partial charge < -0.3 is 9.84 Å². The smallest absolute Gasteiger partial charge is 0.308 e. The first-order chi connectivity index (χ1) is 3.60. The third-order valence-electron chi connectivity index (χ3n) is 1.13. The second kappa shape index (κ2) is 1.45. The maximum Gasteiger partial charge on any atom is 0.308 e. The summed E-state index contributed by atoms with van der Waals surface area (Å²) in [5.74, 6) is -1.49. The second-order valence-corrected chi connectivity index (χ2v) is 2.15. The number of hydrogen-bond donors (Lipinski definition) is 1. The Hall–Kier alpha value is -0.570. The van der Waals surface area contributed by atoms with Crippen LogP contribution in [0.4, 0.5) is 0 Å². The Bertz CT molecular complexity index is 117. The van der Waals surface area contributed by atoms with Crippen molar-refractivity contribution >= 4 is 5.97 Å². The highest BCUT2D eigenvalue weighted by Gasteiger charge is 2.32. The number of ether oxygens (including phenoxy) is 1. The van der Waals surface area contributed by atoms with E-state index in [0.717, 1.165) is 0 Å². The van der Waals surface area contributed by atoms with Gasteiger partial charge in [-0.05, 0) is 0 Å². The zero-order valence-electron chi connectivity index (χ0n) is 4.68. The number of esters is 1. The van der Waals surface area contributed by atoms with Gasteiger partial charge in [0, 0.05) is 13.3 Å². The second-order valence-electron chi connectivity index (χ2n) is 2.15. The molecule has 46 valence electrons. The maximum atomic E-state index is 10.3. The molecule has 1 N–H and O–H groups in total. The molecule has 1 saturated heterocycles. The van der Waals surface area contributed by atoms with Crippen LogP contribution in [0, 0.1) is 0 Å². The summed E-state index contributed by atoms with van der Waals surface area (Å²) >= 11 is 0. The molecule has 8 heavy (non-hydrogen) atoms. The van der Waals surface area contributed by atoms with E-state index in [1.165, 1.54) is 6.92 Å². The number of aliphatic hydroxyl groups is 1. The maximum absolute atomic E-state index is 10.3. The molecule has 0 spiro atoms. The van der Waals surface area contributed by atoms with Gasteiger partial charge in [0.2, 0.25) is 5.79 Å². The predicted octanol–water partition coefficient (Wildman–Crippen LogP) is 0.0319. The van der Waals surface area contributed by atoms with E-state index in [4.69, 9.17) is 5.11 Å². The van der Waals surface area contributed by atoms with Crippen molar-refractivity contribution in [3.8, 4) is 0 Å². The topological polar surface area (TPSA) is 46.5 Å². The molecule has 0 bridgehead atoms. The number of hydrogen-bond acceptors (Lipinski definition) is 3. The van der Waals surface area contributed by atoms with Crippen LogP contribution < -0.4 is 0 Å². The first-order valence-electron chi connectivity index (χ1n) is 2.54. The molecular weight excluding hydrogens is 108 g/mol. The molecular formula is C5H8O3. The van der Waals surface area contributed by atoms with Crippen LogP contribution in [-0.2, 0) is 9.53 Å². The summed E-state index contributed by atoms with van der Waals surface area (Å²) in [6.07, 6.45) is 0.763. The van der Waals surface area contributed by atoms with Gasteiger partial charge in [0.1, 0.15) is 0 Å². The molecule has 1 aliphatic heterocycles. The molecule has 3 nitrogen and oxygen atoms in total. The fraction of sp³-hybridized carbons (Fsp3) is 0.800. The molecule has 1 unspecified atom stereocenters. The summed E-state index contributed by atoms with van der Waals surface area (Å²) < 4.78 is 4.47. The van der Waals surface area contributed by atoms with Crippen molar-refractivity contribution in [1.29, 1.82) is 0 Å². The van der Waals surface area contributed by atoms with Gasteiger partial charge in [-0.2, -0.15) is 0 Å². The van der Waals surface area contributed by atoms with Gasteiger partial charge in [0.05, 0.1) is 6.42 Å². The van der Waals surface area contributed by atoms with Gasteiger partial charge in [0.15, 0.2) is 0 Å². The van der Waals surface area contributed by atoms with Crippen LogP contribution in [0.15, 0.2) is 0 Å².